The van der Waals surface area contributed by atoms with E-state index in [-0.39, 0.29) is 6.61 Å². The second-order valence-corrected chi connectivity index (χ2v) is 2.76. The third-order valence-corrected chi connectivity index (χ3v) is 1.55. The van der Waals surface area contributed by atoms with Crippen LogP contribution in [0.2, 0.25) is 0 Å². The van der Waals surface area contributed by atoms with Gasteiger partial charge in [-0.1, -0.05) is 0 Å². The Morgan fingerprint density at radius 3 is 2.40 bits per heavy atom. The smallest absolute Gasteiger partial charge is 0.398 e. The van der Waals surface area contributed by atoms with E-state index in [9.17, 15) is 28.1 Å². The molecular weight excluding hydrogens is 219 g/mol. The van der Waals surface area contributed by atoms with E-state index in [4.69, 9.17) is 0 Å². The molecule has 0 aromatic carbocycles. The molecule has 1 atom stereocenters. The van der Waals surface area contributed by atoms with Gasteiger partial charge in [0.15, 0.2) is 0 Å². The fourth-order valence-corrected chi connectivity index (χ4v) is 0.885. The summed E-state index contributed by atoms with van der Waals surface area (Å²) in [6.07, 6.45) is -5.78. The highest BCUT2D eigenvalue weighted by Gasteiger charge is 2.44. The predicted octanol–water partition coefficient (Wildman–Crippen LogP) is 1.39. The molecule has 0 fully saturated rings. The second kappa shape index (κ2) is 5.52. The molecule has 0 unspecified atom stereocenters. The van der Waals surface area contributed by atoms with E-state index in [0.29, 0.717) is 0 Å². The van der Waals surface area contributed by atoms with Crippen molar-refractivity contribution in [3.05, 3.63) is 10.1 Å². The number of hydrogen-bond acceptors (Lipinski definition) is 4. The van der Waals surface area contributed by atoms with Crippen molar-refractivity contribution >= 4 is 5.97 Å². The highest BCUT2D eigenvalue weighted by Crippen LogP contribution is 2.29. The number of hydrogen-bond donors (Lipinski definition) is 0. The van der Waals surface area contributed by atoms with Crippen molar-refractivity contribution in [2.45, 2.75) is 19.5 Å². The van der Waals surface area contributed by atoms with Crippen LogP contribution in [-0.2, 0) is 9.53 Å². The number of halogens is 3. The molecule has 15 heavy (non-hydrogen) atoms. The van der Waals surface area contributed by atoms with Gasteiger partial charge in [0.05, 0.1) is 13.0 Å². The average molecular weight is 229 g/mol. The van der Waals surface area contributed by atoms with Crippen LogP contribution >= 0.6 is 0 Å². The molecule has 0 N–H and O–H groups in total. The first kappa shape index (κ1) is 13.7. The molecule has 0 rings (SSSR count). The molecule has 0 saturated carbocycles. The molecule has 8 heteroatoms. The van der Waals surface area contributed by atoms with E-state index in [1.165, 1.54) is 6.92 Å². The zero-order valence-corrected chi connectivity index (χ0v) is 7.91. The molecule has 0 aromatic rings. The molecule has 0 bridgehead atoms. The Balaban J connectivity index is 4.38. The van der Waals surface area contributed by atoms with Crippen molar-refractivity contribution < 1.29 is 27.6 Å². The van der Waals surface area contributed by atoms with Crippen molar-refractivity contribution in [2.24, 2.45) is 5.92 Å². The molecule has 5 nitrogen and oxygen atoms in total. The summed E-state index contributed by atoms with van der Waals surface area (Å²) in [4.78, 5) is 19.6. The van der Waals surface area contributed by atoms with Crippen LogP contribution < -0.4 is 0 Å². The van der Waals surface area contributed by atoms with Crippen molar-refractivity contribution in [3.63, 3.8) is 0 Å². The quantitative estimate of drug-likeness (QED) is 0.406. The van der Waals surface area contributed by atoms with Gasteiger partial charge in [0.2, 0.25) is 6.54 Å². The number of carbonyl (C=O) groups excluding carboxylic acids is 1. The summed E-state index contributed by atoms with van der Waals surface area (Å²) in [5.74, 6) is -3.37. The van der Waals surface area contributed by atoms with Crippen molar-refractivity contribution in [2.75, 3.05) is 13.2 Å². The molecular formula is C7H10F3NO4. The Morgan fingerprint density at radius 1 is 1.53 bits per heavy atom. The first-order valence-electron chi connectivity index (χ1n) is 4.11. The maximum absolute atomic E-state index is 12.2. The first-order chi connectivity index (χ1) is 6.77. The minimum absolute atomic E-state index is 0.0537. The van der Waals surface area contributed by atoms with Crippen LogP contribution in [0.5, 0.6) is 0 Å². The lowest BCUT2D eigenvalue weighted by atomic mass is 10.1. The van der Waals surface area contributed by atoms with E-state index in [1.807, 2.05) is 0 Å². The maximum Gasteiger partial charge on any atom is 0.398 e. The SMILES string of the molecule is CCOC(=O)C[C@H](C[N+](=O)[O-])C(F)(F)F. The van der Waals surface area contributed by atoms with E-state index >= 15 is 0 Å². The molecule has 0 spiro atoms. The van der Waals surface area contributed by atoms with Gasteiger partial charge in [-0.05, 0) is 6.92 Å². The lowest BCUT2D eigenvalue weighted by Gasteiger charge is -2.15. The maximum atomic E-state index is 12.2. The van der Waals surface area contributed by atoms with Gasteiger partial charge in [0.1, 0.15) is 5.92 Å². The third-order valence-electron chi connectivity index (χ3n) is 1.55. The zero-order chi connectivity index (χ0) is 12.1. The molecule has 0 aliphatic carbocycles. The summed E-state index contributed by atoms with van der Waals surface area (Å²) in [5.41, 5.74) is 0. The third kappa shape index (κ3) is 5.87. The summed E-state index contributed by atoms with van der Waals surface area (Å²) in [6, 6.07) is 0. The van der Waals surface area contributed by atoms with Gasteiger partial charge >= 0.3 is 12.1 Å². The summed E-state index contributed by atoms with van der Waals surface area (Å²) < 4.78 is 40.8. The number of ether oxygens (including phenoxy) is 1. The average Bonchev–Trinajstić information content (AvgIpc) is 2.00. The van der Waals surface area contributed by atoms with Crippen LogP contribution in [0.3, 0.4) is 0 Å². The van der Waals surface area contributed by atoms with Gasteiger partial charge in [-0.3, -0.25) is 14.9 Å². The number of esters is 1. The summed E-state index contributed by atoms with van der Waals surface area (Å²) >= 11 is 0. The van der Waals surface area contributed by atoms with E-state index in [0.717, 1.165) is 0 Å². The van der Waals surface area contributed by atoms with Crippen LogP contribution in [-0.4, -0.2) is 30.2 Å². The standard InChI is InChI=1S/C7H10F3NO4/c1-2-15-6(12)3-5(4-11(13)14)7(8,9)10/h5H,2-4H2,1H3/t5-/m1/s1. The normalized spacial score (nSPS) is 13.3. The number of nitrogens with zero attached hydrogens (tertiary/aromatic N) is 1. The van der Waals surface area contributed by atoms with Crippen molar-refractivity contribution in [1.29, 1.82) is 0 Å². The summed E-state index contributed by atoms with van der Waals surface area (Å²) in [7, 11) is 0. The number of alkyl halides is 3. The summed E-state index contributed by atoms with van der Waals surface area (Å²) in [6.45, 7) is 0.0676. The van der Waals surface area contributed by atoms with Crippen LogP contribution in [0.15, 0.2) is 0 Å². The lowest BCUT2D eigenvalue weighted by Crippen LogP contribution is -2.32. The van der Waals surface area contributed by atoms with Gasteiger partial charge < -0.3 is 4.74 Å². The van der Waals surface area contributed by atoms with Gasteiger partial charge in [-0.25, -0.2) is 0 Å². The largest absolute Gasteiger partial charge is 0.466 e. The fourth-order valence-electron chi connectivity index (χ4n) is 0.885. The first-order valence-corrected chi connectivity index (χ1v) is 4.11. The fraction of sp³-hybridized carbons (Fsp3) is 0.857. The van der Waals surface area contributed by atoms with Crippen LogP contribution in [0, 0.1) is 16.0 Å². The Bertz CT molecular complexity index is 241. The molecule has 0 saturated heterocycles. The van der Waals surface area contributed by atoms with Gasteiger partial charge in [0.25, 0.3) is 0 Å². The Labute approximate surface area is 83.4 Å². The highest BCUT2D eigenvalue weighted by molar-refractivity contribution is 5.69. The zero-order valence-electron chi connectivity index (χ0n) is 7.91. The van der Waals surface area contributed by atoms with Crippen molar-refractivity contribution in [3.8, 4) is 0 Å². The molecule has 0 amide bonds. The molecule has 0 heterocycles. The van der Waals surface area contributed by atoms with Crippen LogP contribution in [0.4, 0.5) is 13.2 Å². The van der Waals surface area contributed by atoms with Crippen LogP contribution in [0.1, 0.15) is 13.3 Å². The summed E-state index contributed by atoms with van der Waals surface area (Å²) in [5, 5.41) is 9.95. The molecule has 0 aliphatic heterocycles. The second-order valence-electron chi connectivity index (χ2n) is 2.76. The van der Waals surface area contributed by atoms with E-state index < -0.39 is 36.0 Å². The Kier molecular flexibility index (Phi) is 5.03. The number of carbonyl (C=O) groups is 1. The molecule has 0 aliphatic rings. The van der Waals surface area contributed by atoms with Gasteiger partial charge in [-0.15, -0.1) is 0 Å². The van der Waals surface area contributed by atoms with Crippen molar-refractivity contribution in [1.82, 2.24) is 0 Å². The van der Waals surface area contributed by atoms with E-state index in [2.05, 4.69) is 4.74 Å². The highest BCUT2D eigenvalue weighted by atomic mass is 19.4. The number of nitro groups is 1. The molecule has 88 valence electrons. The van der Waals surface area contributed by atoms with E-state index in [1.54, 1.807) is 0 Å². The van der Waals surface area contributed by atoms with Crippen LogP contribution in [0.25, 0.3) is 0 Å². The minimum Gasteiger partial charge on any atom is -0.466 e. The monoisotopic (exact) mass is 229 g/mol. The topological polar surface area (TPSA) is 69.4 Å². The Morgan fingerprint density at radius 2 is 2.07 bits per heavy atom. The predicted molar refractivity (Wildman–Crippen MR) is 42.7 cm³/mol. The Hall–Kier alpha value is -1.34. The molecule has 0 aromatic heterocycles. The minimum atomic E-state index is -4.76. The molecule has 0 radical (unpaired) electrons. The number of rotatable bonds is 5. The van der Waals surface area contributed by atoms with Gasteiger partial charge in [-0.2, -0.15) is 13.2 Å². The lowest BCUT2D eigenvalue weighted by molar-refractivity contribution is -0.497. The van der Waals surface area contributed by atoms with Gasteiger partial charge in [0, 0.05) is 4.92 Å².